The fourth-order valence-electron chi connectivity index (χ4n) is 2.11. The Balaban J connectivity index is 2.16. The Kier molecular flexibility index (Phi) is 4.74. The van der Waals surface area contributed by atoms with Crippen LogP contribution >= 0.6 is 0 Å². The summed E-state index contributed by atoms with van der Waals surface area (Å²) in [5, 5.41) is 0. The van der Waals surface area contributed by atoms with Crippen LogP contribution in [0.5, 0.6) is 0 Å². The molecule has 1 rings (SSSR count). The van der Waals surface area contributed by atoms with Crippen molar-refractivity contribution < 1.29 is 9.47 Å². The van der Waals surface area contributed by atoms with E-state index in [9.17, 15) is 0 Å². The van der Waals surface area contributed by atoms with Crippen LogP contribution in [-0.4, -0.2) is 25.9 Å². The third-order valence-electron chi connectivity index (χ3n) is 3.06. The highest BCUT2D eigenvalue weighted by Crippen LogP contribution is 2.35. The zero-order chi connectivity index (χ0) is 9.57. The molecular formula is C11H22O2. The molecule has 0 N–H and O–H groups in total. The Morgan fingerprint density at radius 1 is 1.15 bits per heavy atom. The van der Waals surface area contributed by atoms with Crippen molar-refractivity contribution in [3.8, 4) is 0 Å². The molecule has 0 unspecified atom stereocenters. The Labute approximate surface area is 81.6 Å². The van der Waals surface area contributed by atoms with Crippen molar-refractivity contribution in [2.45, 2.75) is 51.0 Å². The standard InChI is InChI=1S/C11H22O2/c1-3-11(7-4-5-8-11)13-10-6-9-12-2/h3-10H2,1-2H3. The fraction of sp³-hybridized carbons (Fsp3) is 1.00. The second-order valence-electron chi connectivity index (χ2n) is 3.94. The average Bonchev–Trinajstić information content (AvgIpc) is 2.62. The quantitative estimate of drug-likeness (QED) is 0.594. The minimum absolute atomic E-state index is 0.230. The van der Waals surface area contributed by atoms with Gasteiger partial charge in [-0.3, -0.25) is 0 Å². The van der Waals surface area contributed by atoms with Crippen molar-refractivity contribution in [1.29, 1.82) is 0 Å². The lowest BCUT2D eigenvalue weighted by atomic mass is 9.99. The molecule has 0 aromatic rings. The molecule has 0 bridgehead atoms. The van der Waals surface area contributed by atoms with Crippen LogP contribution in [0, 0.1) is 0 Å². The molecule has 0 aromatic heterocycles. The third kappa shape index (κ3) is 3.28. The molecule has 1 aliphatic rings. The topological polar surface area (TPSA) is 18.5 Å². The lowest BCUT2D eigenvalue weighted by Gasteiger charge is -2.27. The highest BCUT2D eigenvalue weighted by molar-refractivity contribution is 4.84. The van der Waals surface area contributed by atoms with E-state index < -0.39 is 0 Å². The highest BCUT2D eigenvalue weighted by Gasteiger charge is 2.32. The predicted molar refractivity (Wildman–Crippen MR) is 53.9 cm³/mol. The van der Waals surface area contributed by atoms with Gasteiger partial charge in [0.1, 0.15) is 0 Å². The molecule has 0 aromatic carbocycles. The SMILES string of the molecule is CCC1(OCCCOC)CCCC1. The molecule has 1 fully saturated rings. The number of ether oxygens (including phenoxy) is 2. The third-order valence-corrected chi connectivity index (χ3v) is 3.06. The largest absolute Gasteiger partial charge is 0.385 e. The molecule has 0 saturated heterocycles. The zero-order valence-corrected chi connectivity index (χ0v) is 8.97. The smallest absolute Gasteiger partial charge is 0.0680 e. The number of hydrogen-bond donors (Lipinski definition) is 0. The molecule has 0 amide bonds. The summed E-state index contributed by atoms with van der Waals surface area (Å²) in [7, 11) is 1.74. The maximum Gasteiger partial charge on any atom is 0.0680 e. The molecular weight excluding hydrogens is 164 g/mol. The molecule has 1 saturated carbocycles. The normalized spacial score (nSPS) is 20.8. The Bertz CT molecular complexity index is 128. The first-order valence-electron chi connectivity index (χ1n) is 5.46. The van der Waals surface area contributed by atoms with Gasteiger partial charge in [-0.05, 0) is 25.7 Å². The summed E-state index contributed by atoms with van der Waals surface area (Å²) in [6.45, 7) is 3.92. The first kappa shape index (κ1) is 11.0. The number of hydrogen-bond acceptors (Lipinski definition) is 2. The molecule has 2 nitrogen and oxygen atoms in total. The van der Waals surface area contributed by atoms with Crippen LogP contribution in [0.2, 0.25) is 0 Å². The summed E-state index contributed by atoms with van der Waals surface area (Å²) >= 11 is 0. The average molecular weight is 186 g/mol. The van der Waals surface area contributed by atoms with E-state index in [0.717, 1.165) is 19.6 Å². The van der Waals surface area contributed by atoms with Crippen molar-refractivity contribution in [1.82, 2.24) is 0 Å². The van der Waals surface area contributed by atoms with Crippen LogP contribution < -0.4 is 0 Å². The van der Waals surface area contributed by atoms with Crippen LogP contribution in [0.1, 0.15) is 45.4 Å². The van der Waals surface area contributed by atoms with Gasteiger partial charge in [0.05, 0.1) is 5.60 Å². The van der Waals surface area contributed by atoms with Crippen molar-refractivity contribution >= 4 is 0 Å². The zero-order valence-electron chi connectivity index (χ0n) is 8.97. The monoisotopic (exact) mass is 186 g/mol. The van der Waals surface area contributed by atoms with Crippen LogP contribution in [0.3, 0.4) is 0 Å². The van der Waals surface area contributed by atoms with Gasteiger partial charge in [-0.15, -0.1) is 0 Å². The minimum atomic E-state index is 0.230. The summed E-state index contributed by atoms with van der Waals surface area (Å²) < 4.78 is 11.0. The predicted octanol–water partition coefficient (Wildman–Crippen LogP) is 2.76. The molecule has 0 spiro atoms. The van der Waals surface area contributed by atoms with E-state index in [4.69, 9.17) is 9.47 Å². The maximum absolute atomic E-state index is 5.96. The Hall–Kier alpha value is -0.0800. The molecule has 0 radical (unpaired) electrons. The summed E-state index contributed by atoms with van der Waals surface area (Å²) in [6.07, 6.45) is 7.40. The van der Waals surface area contributed by atoms with Gasteiger partial charge >= 0.3 is 0 Å². The molecule has 1 aliphatic carbocycles. The van der Waals surface area contributed by atoms with E-state index in [2.05, 4.69) is 6.92 Å². The van der Waals surface area contributed by atoms with Crippen LogP contribution in [0.15, 0.2) is 0 Å². The number of rotatable bonds is 6. The summed E-state index contributed by atoms with van der Waals surface area (Å²) in [5.41, 5.74) is 0.230. The first-order chi connectivity index (χ1) is 6.33. The van der Waals surface area contributed by atoms with Crippen molar-refractivity contribution in [2.24, 2.45) is 0 Å². The maximum atomic E-state index is 5.96. The molecule has 0 aliphatic heterocycles. The van der Waals surface area contributed by atoms with Gasteiger partial charge in [0.15, 0.2) is 0 Å². The van der Waals surface area contributed by atoms with Crippen molar-refractivity contribution in [2.75, 3.05) is 20.3 Å². The van der Waals surface area contributed by atoms with Crippen LogP contribution in [0.4, 0.5) is 0 Å². The van der Waals surface area contributed by atoms with E-state index in [-0.39, 0.29) is 5.60 Å². The Morgan fingerprint density at radius 2 is 1.85 bits per heavy atom. The summed E-state index contributed by atoms with van der Waals surface area (Å²) in [4.78, 5) is 0. The van der Waals surface area contributed by atoms with Gasteiger partial charge < -0.3 is 9.47 Å². The van der Waals surface area contributed by atoms with E-state index in [1.54, 1.807) is 7.11 Å². The molecule has 13 heavy (non-hydrogen) atoms. The van der Waals surface area contributed by atoms with Gasteiger partial charge in [-0.2, -0.15) is 0 Å². The first-order valence-corrected chi connectivity index (χ1v) is 5.46. The highest BCUT2D eigenvalue weighted by atomic mass is 16.5. The van der Waals surface area contributed by atoms with Gasteiger partial charge in [-0.1, -0.05) is 19.8 Å². The molecule has 78 valence electrons. The van der Waals surface area contributed by atoms with Crippen LogP contribution in [-0.2, 0) is 9.47 Å². The van der Waals surface area contributed by atoms with Crippen molar-refractivity contribution in [3.63, 3.8) is 0 Å². The van der Waals surface area contributed by atoms with Gasteiger partial charge in [-0.25, -0.2) is 0 Å². The fourth-order valence-corrected chi connectivity index (χ4v) is 2.11. The minimum Gasteiger partial charge on any atom is -0.385 e. The molecule has 2 heteroatoms. The van der Waals surface area contributed by atoms with E-state index in [1.165, 1.54) is 32.1 Å². The summed E-state index contributed by atoms with van der Waals surface area (Å²) in [5.74, 6) is 0. The second-order valence-corrected chi connectivity index (χ2v) is 3.94. The van der Waals surface area contributed by atoms with Crippen LogP contribution in [0.25, 0.3) is 0 Å². The van der Waals surface area contributed by atoms with Crippen molar-refractivity contribution in [3.05, 3.63) is 0 Å². The summed E-state index contributed by atoms with van der Waals surface area (Å²) in [6, 6.07) is 0. The molecule has 0 heterocycles. The van der Waals surface area contributed by atoms with E-state index in [1.807, 2.05) is 0 Å². The van der Waals surface area contributed by atoms with E-state index in [0.29, 0.717) is 0 Å². The molecule has 0 atom stereocenters. The van der Waals surface area contributed by atoms with Gasteiger partial charge in [0.25, 0.3) is 0 Å². The number of methoxy groups -OCH3 is 1. The lowest BCUT2D eigenvalue weighted by molar-refractivity contribution is -0.0488. The second kappa shape index (κ2) is 5.61. The van der Waals surface area contributed by atoms with E-state index >= 15 is 0 Å². The Morgan fingerprint density at radius 3 is 2.38 bits per heavy atom. The van der Waals surface area contributed by atoms with Gasteiger partial charge in [0, 0.05) is 20.3 Å². The van der Waals surface area contributed by atoms with Gasteiger partial charge in [0.2, 0.25) is 0 Å². The lowest BCUT2D eigenvalue weighted by Crippen LogP contribution is -2.28.